The van der Waals surface area contributed by atoms with Gasteiger partial charge >= 0.3 is 5.97 Å². The summed E-state index contributed by atoms with van der Waals surface area (Å²) in [6.07, 6.45) is 1.10. The Morgan fingerprint density at radius 1 is 1.24 bits per heavy atom. The van der Waals surface area contributed by atoms with Crippen LogP contribution in [0.15, 0.2) is 30.3 Å². The van der Waals surface area contributed by atoms with Gasteiger partial charge in [-0.05, 0) is 11.5 Å². The first-order valence-corrected chi connectivity index (χ1v) is 7.19. The van der Waals surface area contributed by atoms with Gasteiger partial charge in [-0.2, -0.15) is 0 Å². The fourth-order valence-electron chi connectivity index (χ4n) is 2.15. The number of carbonyl (C=O) groups is 2. The van der Waals surface area contributed by atoms with Gasteiger partial charge in [0.2, 0.25) is 0 Å². The predicted octanol–water partition coefficient (Wildman–Crippen LogP) is 0.544. The average Bonchev–Trinajstić information content (AvgIpc) is 2.46. The third-order valence-corrected chi connectivity index (χ3v) is 3.21. The molecule has 0 saturated heterocycles. The van der Waals surface area contributed by atoms with Gasteiger partial charge in [0, 0.05) is 12.8 Å². The Hall–Kier alpha value is -1.88. The molecule has 5 heteroatoms. The third-order valence-electron chi connectivity index (χ3n) is 3.21. The minimum Gasteiger partial charge on any atom is -0.467 e. The highest BCUT2D eigenvalue weighted by atomic mass is 16.5. The zero-order chi connectivity index (χ0) is 15.8. The van der Waals surface area contributed by atoms with E-state index >= 15 is 0 Å². The Balaban J connectivity index is 2.70. The zero-order valence-corrected chi connectivity index (χ0v) is 13.0. The average molecular weight is 293 g/mol. The van der Waals surface area contributed by atoms with Gasteiger partial charge in [-0.15, -0.1) is 0 Å². The molecule has 0 aromatic heterocycles. The van der Waals surface area contributed by atoms with Crippen molar-refractivity contribution in [2.75, 3.05) is 7.11 Å². The first kappa shape index (κ1) is 17.2. The van der Waals surface area contributed by atoms with Crippen molar-refractivity contribution < 1.29 is 20.1 Å². The molecule has 0 unspecified atom stereocenters. The number of nitrogens with one attached hydrogen (secondary N) is 1. The highest BCUT2D eigenvalue weighted by molar-refractivity contribution is 5.86. The first-order valence-electron chi connectivity index (χ1n) is 7.19. The molecule has 0 aliphatic heterocycles. The number of benzene rings is 1. The summed E-state index contributed by atoms with van der Waals surface area (Å²) in [6, 6.07) is 8.48. The van der Waals surface area contributed by atoms with E-state index in [1.807, 2.05) is 44.2 Å². The Kier molecular flexibility index (Phi) is 6.88. The van der Waals surface area contributed by atoms with Crippen LogP contribution in [0.5, 0.6) is 0 Å². The molecule has 0 fully saturated rings. The van der Waals surface area contributed by atoms with E-state index in [9.17, 15) is 9.59 Å². The molecule has 4 N–H and O–H groups in total. The lowest BCUT2D eigenvalue weighted by molar-refractivity contribution is -0.406. The van der Waals surface area contributed by atoms with Crippen LogP contribution in [0.2, 0.25) is 0 Å². The van der Waals surface area contributed by atoms with Gasteiger partial charge in [-0.25, -0.2) is 4.79 Å². The molecular formula is C16H25N2O3+. The van der Waals surface area contributed by atoms with Crippen LogP contribution < -0.4 is 11.1 Å². The summed E-state index contributed by atoms with van der Waals surface area (Å²) in [4.78, 5) is 24.0. The van der Waals surface area contributed by atoms with E-state index in [0.29, 0.717) is 18.8 Å². The number of rotatable bonds is 7. The van der Waals surface area contributed by atoms with Crippen molar-refractivity contribution in [2.45, 2.75) is 38.8 Å². The SMILES string of the molecule is COC(=O)[C@H](Cc1ccccc1)NC(=O)[C@H]([NH3+])CC(C)C. The summed E-state index contributed by atoms with van der Waals surface area (Å²) in [7, 11) is 1.32. The van der Waals surface area contributed by atoms with E-state index in [4.69, 9.17) is 4.74 Å². The topological polar surface area (TPSA) is 83.0 Å². The summed E-state index contributed by atoms with van der Waals surface area (Å²) in [6.45, 7) is 4.07. The van der Waals surface area contributed by atoms with E-state index in [-0.39, 0.29) is 11.9 Å². The van der Waals surface area contributed by atoms with Crippen molar-refractivity contribution in [3.05, 3.63) is 35.9 Å². The maximum Gasteiger partial charge on any atom is 0.328 e. The lowest BCUT2D eigenvalue weighted by Gasteiger charge is -2.18. The second-order valence-electron chi connectivity index (χ2n) is 5.60. The van der Waals surface area contributed by atoms with Crippen LogP contribution in [0.4, 0.5) is 0 Å². The summed E-state index contributed by atoms with van der Waals surface area (Å²) < 4.78 is 4.77. The molecule has 1 aromatic carbocycles. The van der Waals surface area contributed by atoms with Crippen molar-refractivity contribution >= 4 is 11.9 Å². The normalized spacial score (nSPS) is 13.6. The lowest BCUT2D eigenvalue weighted by Crippen LogP contribution is -2.69. The number of hydrogen-bond acceptors (Lipinski definition) is 3. The molecule has 0 radical (unpaired) electrons. The maximum atomic E-state index is 12.1. The van der Waals surface area contributed by atoms with E-state index in [0.717, 1.165) is 5.56 Å². The van der Waals surface area contributed by atoms with Crippen LogP contribution in [0.3, 0.4) is 0 Å². The number of amides is 1. The quantitative estimate of drug-likeness (QED) is 0.720. The summed E-state index contributed by atoms with van der Waals surface area (Å²) in [5.74, 6) is -0.275. The van der Waals surface area contributed by atoms with Gasteiger partial charge in [0.1, 0.15) is 6.04 Å². The van der Waals surface area contributed by atoms with Gasteiger partial charge in [0.05, 0.1) is 7.11 Å². The van der Waals surface area contributed by atoms with Crippen LogP contribution >= 0.6 is 0 Å². The molecule has 0 aliphatic rings. The minimum atomic E-state index is -0.679. The molecular weight excluding hydrogens is 268 g/mol. The zero-order valence-electron chi connectivity index (χ0n) is 13.0. The van der Waals surface area contributed by atoms with Gasteiger partial charge in [-0.1, -0.05) is 44.2 Å². The number of hydrogen-bond donors (Lipinski definition) is 2. The van der Waals surface area contributed by atoms with Crippen molar-refractivity contribution in [1.82, 2.24) is 5.32 Å². The molecule has 0 bridgehead atoms. The van der Waals surface area contributed by atoms with Crippen LogP contribution in [-0.4, -0.2) is 31.1 Å². The van der Waals surface area contributed by atoms with Crippen LogP contribution in [-0.2, 0) is 20.7 Å². The molecule has 0 spiro atoms. The van der Waals surface area contributed by atoms with Gasteiger partial charge in [0.25, 0.3) is 5.91 Å². The fraction of sp³-hybridized carbons (Fsp3) is 0.500. The van der Waals surface area contributed by atoms with Crippen molar-refractivity contribution in [2.24, 2.45) is 5.92 Å². The fourth-order valence-corrected chi connectivity index (χ4v) is 2.15. The van der Waals surface area contributed by atoms with Crippen LogP contribution in [0.1, 0.15) is 25.8 Å². The first-order chi connectivity index (χ1) is 9.93. The summed E-state index contributed by atoms with van der Waals surface area (Å²) in [5, 5.41) is 2.75. The Labute approximate surface area is 125 Å². The van der Waals surface area contributed by atoms with Crippen molar-refractivity contribution in [1.29, 1.82) is 0 Å². The molecule has 21 heavy (non-hydrogen) atoms. The number of carbonyl (C=O) groups excluding carboxylic acids is 2. The number of quaternary nitrogens is 1. The van der Waals surface area contributed by atoms with Gasteiger partial charge in [-0.3, -0.25) is 4.79 Å². The summed E-state index contributed by atoms with van der Waals surface area (Å²) in [5.41, 5.74) is 4.83. The Morgan fingerprint density at radius 2 is 1.86 bits per heavy atom. The highest BCUT2D eigenvalue weighted by Crippen LogP contribution is 2.06. The smallest absolute Gasteiger partial charge is 0.328 e. The largest absolute Gasteiger partial charge is 0.467 e. The number of methoxy groups -OCH3 is 1. The van der Waals surface area contributed by atoms with E-state index in [1.165, 1.54) is 7.11 Å². The summed E-state index contributed by atoms with van der Waals surface area (Å²) >= 11 is 0. The molecule has 1 aromatic rings. The second-order valence-corrected chi connectivity index (χ2v) is 5.60. The van der Waals surface area contributed by atoms with E-state index in [2.05, 4.69) is 11.1 Å². The molecule has 0 aliphatic carbocycles. The standard InChI is InChI=1S/C16H24N2O3/c1-11(2)9-13(17)15(19)18-14(16(20)21-3)10-12-7-5-4-6-8-12/h4-8,11,13-14H,9-10,17H2,1-3H3,(H,18,19)/p+1/t13-,14+/m1/s1. The molecule has 1 amide bonds. The monoisotopic (exact) mass is 293 g/mol. The van der Waals surface area contributed by atoms with Gasteiger partial charge in [0.15, 0.2) is 6.04 Å². The molecule has 116 valence electrons. The Morgan fingerprint density at radius 3 is 2.38 bits per heavy atom. The molecule has 0 saturated carbocycles. The van der Waals surface area contributed by atoms with Crippen LogP contribution in [0, 0.1) is 5.92 Å². The van der Waals surface area contributed by atoms with E-state index < -0.39 is 12.0 Å². The number of ether oxygens (including phenoxy) is 1. The second kappa shape index (κ2) is 8.42. The number of esters is 1. The van der Waals surface area contributed by atoms with Crippen molar-refractivity contribution in [3.63, 3.8) is 0 Å². The molecule has 2 atom stereocenters. The molecule has 0 heterocycles. The highest BCUT2D eigenvalue weighted by Gasteiger charge is 2.26. The van der Waals surface area contributed by atoms with E-state index in [1.54, 1.807) is 0 Å². The predicted molar refractivity (Wildman–Crippen MR) is 80.2 cm³/mol. The Bertz CT molecular complexity index is 460. The molecule has 5 nitrogen and oxygen atoms in total. The molecule has 1 rings (SSSR count). The van der Waals surface area contributed by atoms with Crippen molar-refractivity contribution in [3.8, 4) is 0 Å². The lowest BCUT2D eigenvalue weighted by atomic mass is 10.0. The third kappa shape index (κ3) is 5.95. The maximum absolute atomic E-state index is 12.1. The van der Waals surface area contributed by atoms with Gasteiger partial charge < -0.3 is 15.8 Å². The minimum absolute atomic E-state index is 0.213. The van der Waals surface area contributed by atoms with Crippen LogP contribution in [0.25, 0.3) is 0 Å².